The third-order valence-electron chi connectivity index (χ3n) is 4.84. The van der Waals surface area contributed by atoms with Gasteiger partial charge < -0.3 is 25.6 Å². The Kier molecular flexibility index (Phi) is 6.71. The van der Waals surface area contributed by atoms with Gasteiger partial charge in [-0.05, 0) is 35.7 Å². The summed E-state index contributed by atoms with van der Waals surface area (Å²) in [6.45, 7) is 1.83. The molecule has 1 aromatic carbocycles. The fourth-order valence-electron chi connectivity index (χ4n) is 3.26. The zero-order chi connectivity index (χ0) is 20.8. The van der Waals surface area contributed by atoms with Crippen molar-refractivity contribution in [2.24, 2.45) is 5.73 Å². The minimum Gasteiger partial charge on any atom is -0.497 e. The van der Waals surface area contributed by atoms with Crippen LogP contribution < -0.4 is 15.8 Å². The Balaban J connectivity index is 1.55. The van der Waals surface area contributed by atoms with Gasteiger partial charge in [0.15, 0.2) is 0 Å². The zero-order valence-corrected chi connectivity index (χ0v) is 17.0. The predicted molar refractivity (Wildman–Crippen MR) is 110 cm³/mol. The van der Waals surface area contributed by atoms with Gasteiger partial charge in [0.05, 0.1) is 19.6 Å². The van der Waals surface area contributed by atoms with Crippen LogP contribution in [0.1, 0.15) is 27.7 Å². The summed E-state index contributed by atoms with van der Waals surface area (Å²) in [7, 11) is 1.58. The highest BCUT2D eigenvalue weighted by atomic mass is 32.1. The number of thiophene rings is 1. The molecule has 1 unspecified atom stereocenters. The van der Waals surface area contributed by atoms with E-state index in [9.17, 15) is 14.4 Å². The van der Waals surface area contributed by atoms with E-state index >= 15 is 0 Å². The fourth-order valence-corrected chi connectivity index (χ4v) is 4.04. The van der Waals surface area contributed by atoms with Crippen LogP contribution in [0.15, 0.2) is 41.8 Å². The first-order valence-corrected chi connectivity index (χ1v) is 10.2. The van der Waals surface area contributed by atoms with E-state index in [-0.39, 0.29) is 18.2 Å². The number of piperazine rings is 1. The minimum atomic E-state index is -0.661. The highest BCUT2D eigenvalue weighted by molar-refractivity contribution is 7.10. The maximum atomic E-state index is 12.7. The lowest BCUT2D eigenvalue weighted by Crippen LogP contribution is -2.51. The molecule has 29 heavy (non-hydrogen) atoms. The zero-order valence-electron chi connectivity index (χ0n) is 16.2. The second kappa shape index (κ2) is 9.42. The number of nitrogens with zero attached hydrogens (tertiary/aromatic N) is 2. The lowest BCUT2D eigenvalue weighted by Gasteiger charge is -2.35. The molecule has 1 aromatic heterocycles. The monoisotopic (exact) mass is 416 g/mol. The molecule has 2 aromatic rings. The Hall–Kier alpha value is -3.07. The van der Waals surface area contributed by atoms with Gasteiger partial charge in [-0.25, -0.2) is 4.79 Å². The Morgan fingerprint density at radius 3 is 2.31 bits per heavy atom. The van der Waals surface area contributed by atoms with Crippen LogP contribution in [0, 0.1) is 0 Å². The lowest BCUT2D eigenvalue weighted by atomic mass is 10.1. The molecule has 1 aliphatic rings. The summed E-state index contributed by atoms with van der Waals surface area (Å²) in [6.07, 6.45) is 0.135. The maximum absolute atomic E-state index is 12.7. The number of benzene rings is 1. The molecule has 2 heterocycles. The van der Waals surface area contributed by atoms with E-state index in [4.69, 9.17) is 10.5 Å². The Labute approximate surface area is 173 Å². The molecule has 154 valence electrons. The Morgan fingerprint density at radius 2 is 1.76 bits per heavy atom. The number of nitrogens with one attached hydrogen (secondary N) is 1. The third kappa shape index (κ3) is 5.26. The number of rotatable bonds is 6. The van der Waals surface area contributed by atoms with Gasteiger partial charge in [-0.1, -0.05) is 6.07 Å². The number of carbonyl (C=O) groups is 3. The molecular weight excluding hydrogens is 392 g/mol. The Morgan fingerprint density at radius 1 is 1.10 bits per heavy atom. The summed E-state index contributed by atoms with van der Waals surface area (Å²) in [6, 6.07) is 9.60. The molecule has 1 fully saturated rings. The summed E-state index contributed by atoms with van der Waals surface area (Å²) in [4.78, 5) is 41.0. The second-order valence-corrected chi connectivity index (χ2v) is 7.66. The molecule has 8 nitrogen and oxygen atoms in total. The number of ether oxygens (including phenoxy) is 1. The summed E-state index contributed by atoms with van der Waals surface area (Å²) in [5.41, 5.74) is 5.85. The second-order valence-electron chi connectivity index (χ2n) is 6.68. The van der Waals surface area contributed by atoms with Crippen LogP contribution in [-0.2, 0) is 4.79 Å². The number of amides is 4. The largest absolute Gasteiger partial charge is 0.497 e. The molecule has 1 saturated heterocycles. The van der Waals surface area contributed by atoms with Gasteiger partial charge in [0.2, 0.25) is 5.91 Å². The molecule has 0 aliphatic carbocycles. The minimum absolute atomic E-state index is 0.0633. The van der Waals surface area contributed by atoms with Crippen LogP contribution in [0.2, 0.25) is 0 Å². The summed E-state index contributed by atoms with van der Waals surface area (Å²) >= 11 is 1.46. The number of hydrogen-bond acceptors (Lipinski definition) is 5. The molecule has 9 heteroatoms. The highest BCUT2D eigenvalue weighted by Gasteiger charge is 2.27. The van der Waals surface area contributed by atoms with Crippen LogP contribution in [0.25, 0.3) is 0 Å². The van der Waals surface area contributed by atoms with E-state index < -0.39 is 12.1 Å². The lowest BCUT2D eigenvalue weighted by molar-refractivity contribution is -0.133. The number of carbonyl (C=O) groups excluding carboxylic acids is 3. The predicted octanol–water partition coefficient (Wildman–Crippen LogP) is 1.84. The van der Waals surface area contributed by atoms with Crippen molar-refractivity contribution in [3.8, 4) is 5.75 Å². The number of urea groups is 1. The molecule has 0 bridgehead atoms. The van der Waals surface area contributed by atoms with Gasteiger partial charge >= 0.3 is 6.03 Å². The molecule has 1 atom stereocenters. The van der Waals surface area contributed by atoms with Crippen molar-refractivity contribution in [3.05, 3.63) is 52.2 Å². The molecule has 3 N–H and O–H groups in total. The fraction of sp³-hybridized carbons (Fsp3) is 0.350. The van der Waals surface area contributed by atoms with Gasteiger partial charge in [-0.15, -0.1) is 11.3 Å². The smallest absolute Gasteiger partial charge is 0.312 e. The number of nitrogens with two attached hydrogens (primary N) is 1. The summed E-state index contributed by atoms with van der Waals surface area (Å²) in [5, 5.41) is 4.53. The van der Waals surface area contributed by atoms with Gasteiger partial charge in [0.1, 0.15) is 5.75 Å². The normalized spacial score (nSPS) is 14.9. The maximum Gasteiger partial charge on any atom is 0.312 e. The van der Waals surface area contributed by atoms with Crippen molar-refractivity contribution in [3.63, 3.8) is 0 Å². The van der Waals surface area contributed by atoms with Crippen LogP contribution in [0.5, 0.6) is 5.75 Å². The molecule has 0 saturated carbocycles. The van der Waals surface area contributed by atoms with E-state index in [1.165, 1.54) is 11.3 Å². The van der Waals surface area contributed by atoms with Crippen molar-refractivity contribution in [2.45, 2.75) is 12.5 Å². The quantitative estimate of drug-likeness (QED) is 0.750. The van der Waals surface area contributed by atoms with Gasteiger partial charge in [0.25, 0.3) is 5.91 Å². The SMILES string of the molecule is COc1ccc(C(=O)N2CCN(C(=O)CC(NC(N)=O)c3cccs3)CC2)cc1. The van der Waals surface area contributed by atoms with Crippen molar-refractivity contribution >= 4 is 29.2 Å². The van der Waals surface area contributed by atoms with Crippen molar-refractivity contribution < 1.29 is 19.1 Å². The first kappa shape index (κ1) is 20.7. The van der Waals surface area contributed by atoms with E-state index in [0.29, 0.717) is 37.5 Å². The average molecular weight is 417 g/mol. The molecule has 3 rings (SSSR count). The molecule has 4 amide bonds. The highest BCUT2D eigenvalue weighted by Crippen LogP contribution is 2.23. The van der Waals surface area contributed by atoms with Crippen molar-refractivity contribution in [1.82, 2.24) is 15.1 Å². The standard InChI is InChI=1S/C20H24N4O4S/c1-28-15-6-4-14(5-7-15)19(26)24-10-8-23(9-11-24)18(25)13-16(22-20(21)27)17-3-2-12-29-17/h2-7,12,16H,8-11,13H2,1H3,(H3,21,22,27). The number of methoxy groups -OCH3 is 1. The first-order valence-electron chi connectivity index (χ1n) is 9.28. The first-order chi connectivity index (χ1) is 14.0. The topological polar surface area (TPSA) is 105 Å². The number of primary amides is 1. The van der Waals surface area contributed by atoms with Crippen LogP contribution in [-0.4, -0.2) is 60.9 Å². The van der Waals surface area contributed by atoms with Gasteiger partial charge in [-0.3, -0.25) is 9.59 Å². The molecule has 0 spiro atoms. The average Bonchev–Trinajstić information content (AvgIpc) is 3.27. The van der Waals surface area contributed by atoms with E-state index in [1.54, 1.807) is 41.2 Å². The van der Waals surface area contributed by atoms with Gasteiger partial charge in [0, 0.05) is 36.6 Å². The van der Waals surface area contributed by atoms with Crippen LogP contribution >= 0.6 is 11.3 Å². The van der Waals surface area contributed by atoms with E-state index in [2.05, 4.69) is 5.32 Å². The van der Waals surface area contributed by atoms with E-state index in [0.717, 1.165) is 4.88 Å². The summed E-state index contributed by atoms with van der Waals surface area (Å²) < 4.78 is 5.11. The van der Waals surface area contributed by atoms with Gasteiger partial charge in [-0.2, -0.15) is 0 Å². The van der Waals surface area contributed by atoms with Crippen molar-refractivity contribution in [1.29, 1.82) is 0 Å². The third-order valence-corrected chi connectivity index (χ3v) is 5.82. The molecule has 0 radical (unpaired) electrons. The van der Waals surface area contributed by atoms with Crippen molar-refractivity contribution in [2.75, 3.05) is 33.3 Å². The number of hydrogen-bond donors (Lipinski definition) is 2. The van der Waals surface area contributed by atoms with Crippen LogP contribution in [0.3, 0.4) is 0 Å². The molecule has 1 aliphatic heterocycles. The van der Waals surface area contributed by atoms with Crippen LogP contribution in [0.4, 0.5) is 4.79 Å². The Bertz CT molecular complexity index is 846. The summed E-state index contributed by atoms with van der Waals surface area (Å²) in [5.74, 6) is 0.558. The van der Waals surface area contributed by atoms with E-state index in [1.807, 2.05) is 17.5 Å². The molecular formula is C20H24N4O4S.